The molecular weight excluding hydrogens is 323 g/mol. The zero-order valence-electron chi connectivity index (χ0n) is 14.7. The van der Waals surface area contributed by atoms with Crippen molar-refractivity contribution in [3.05, 3.63) is 30.1 Å². The van der Waals surface area contributed by atoms with Gasteiger partial charge in [-0.15, -0.1) is 0 Å². The van der Waals surface area contributed by atoms with Crippen LogP contribution in [0.4, 0.5) is 14.9 Å². The Morgan fingerprint density at radius 1 is 1.24 bits per heavy atom. The minimum absolute atomic E-state index is 0.0806. The van der Waals surface area contributed by atoms with E-state index < -0.39 is 0 Å². The third-order valence-corrected chi connectivity index (χ3v) is 4.98. The molecule has 1 aromatic carbocycles. The molecule has 0 spiro atoms. The number of carbonyl (C=O) groups is 2. The van der Waals surface area contributed by atoms with E-state index in [2.05, 4.69) is 10.2 Å². The molecule has 3 fully saturated rings. The summed E-state index contributed by atoms with van der Waals surface area (Å²) in [5.41, 5.74) is 0.463. The Hall–Kier alpha value is -2.15. The normalized spacial score (nSPS) is 23.2. The van der Waals surface area contributed by atoms with Crippen LogP contribution in [0.25, 0.3) is 0 Å². The number of hydrogen-bond acceptors (Lipinski definition) is 3. The first kappa shape index (κ1) is 17.7. The highest BCUT2D eigenvalue weighted by molar-refractivity contribution is 5.89. The Bertz CT molecular complexity index is 652. The summed E-state index contributed by atoms with van der Waals surface area (Å²) >= 11 is 0. The summed E-state index contributed by atoms with van der Waals surface area (Å²) in [6.45, 7) is 2.60. The molecule has 1 N–H and O–H groups in total. The van der Waals surface area contributed by atoms with Crippen LogP contribution in [0.1, 0.15) is 12.8 Å². The average Bonchev–Trinajstić information content (AvgIpc) is 2.85. The van der Waals surface area contributed by atoms with E-state index in [0.29, 0.717) is 31.2 Å². The third-order valence-electron chi connectivity index (χ3n) is 4.98. The van der Waals surface area contributed by atoms with Crippen molar-refractivity contribution in [3.63, 3.8) is 0 Å². The van der Waals surface area contributed by atoms with Gasteiger partial charge in [-0.2, -0.15) is 0 Å². The van der Waals surface area contributed by atoms with Crippen molar-refractivity contribution in [1.29, 1.82) is 0 Å². The van der Waals surface area contributed by atoms with Crippen LogP contribution in [0.2, 0.25) is 0 Å². The van der Waals surface area contributed by atoms with Crippen LogP contribution in [0.15, 0.2) is 24.3 Å². The van der Waals surface area contributed by atoms with Crippen LogP contribution in [-0.4, -0.2) is 73.0 Å². The zero-order chi connectivity index (χ0) is 18.0. The minimum atomic E-state index is -0.372. The van der Waals surface area contributed by atoms with Gasteiger partial charge >= 0.3 is 6.03 Å². The molecule has 4 rings (SSSR count). The third kappa shape index (κ3) is 4.28. The molecule has 2 atom stereocenters. The number of likely N-dealkylation sites (N-methyl/N-ethyl adjacent to an activating group) is 1. The van der Waals surface area contributed by atoms with Gasteiger partial charge in [0.2, 0.25) is 5.91 Å². The van der Waals surface area contributed by atoms with E-state index in [0.717, 1.165) is 19.4 Å². The molecule has 1 aromatic rings. The SMILES string of the molecule is CN(C)C(=O)CN1C[C@H]2CC[C@@H](C1)N(C(=O)Nc1cccc(F)c1)C2. The Morgan fingerprint density at radius 2 is 2.04 bits per heavy atom. The van der Waals surface area contributed by atoms with Gasteiger partial charge in [0.25, 0.3) is 0 Å². The maximum atomic E-state index is 13.3. The maximum absolute atomic E-state index is 13.3. The summed E-state index contributed by atoms with van der Waals surface area (Å²) in [4.78, 5) is 30.3. The number of halogens is 1. The maximum Gasteiger partial charge on any atom is 0.322 e. The minimum Gasteiger partial charge on any atom is -0.348 e. The highest BCUT2D eigenvalue weighted by Gasteiger charge is 2.37. The monoisotopic (exact) mass is 348 g/mol. The topological polar surface area (TPSA) is 55.9 Å². The predicted octanol–water partition coefficient (Wildman–Crippen LogP) is 1.84. The molecule has 7 heteroatoms. The summed E-state index contributed by atoms with van der Waals surface area (Å²) in [6, 6.07) is 5.82. The molecule has 3 heterocycles. The summed E-state index contributed by atoms with van der Waals surface area (Å²) in [5, 5.41) is 2.79. The number of nitrogens with one attached hydrogen (secondary N) is 1. The van der Waals surface area contributed by atoms with Crippen molar-refractivity contribution in [1.82, 2.24) is 14.7 Å². The number of fused-ring (bicyclic) bond motifs is 4. The van der Waals surface area contributed by atoms with Gasteiger partial charge < -0.3 is 15.1 Å². The molecular formula is C18H25FN4O2. The van der Waals surface area contributed by atoms with Gasteiger partial charge in [0.15, 0.2) is 0 Å². The molecule has 136 valence electrons. The van der Waals surface area contributed by atoms with Crippen LogP contribution >= 0.6 is 0 Å². The Balaban J connectivity index is 1.66. The summed E-state index contributed by atoms with van der Waals surface area (Å²) in [5.74, 6) is 0.0765. The van der Waals surface area contributed by atoms with E-state index in [-0.39, 0.29) is 23.8 Å². The Morgan fingerprint density at radius 3 is 2.76 bits per heavy atom. The van der Waals surface area contributed by atoms with E-state index in [1.54, 1.807) is 31.1 Å². The van der Waals surface area contributed by atoms with Gasteiger partial charge in [0.1, 0.15) is 5.82 Å². The number of amides is 3. The van der Waals surface area contributed by atoms with E-state index in [9.17, 15) is 14.0 Å². The fourth-order valence-electron chi connectivity index (χ4n) is 3.65. The molecule has 25 heavy (non-hydrogen) atoms. The van der Waals surface area contributed by atoms with E-state index >= 15 is 0 Å². The van der Waals surface area contributed by atoms with Gasteiger partial charge in [-0.05, 0) is 37.0 Å². The molecule has 3 amide bonds. The zero-order valence-corrected chi connectivity index (χ0v) is 14.7. The van der Waals surface area contributed by atoms with Gasteiger partial charge in [-0.3, -0.25) is 9.69 Å². The number of anilines is 1. The van der Waals surface area contributed by atoms with Crippen LogP contribution < -0.4 is 5.32 Å². The first-order chi connectivity index (χ1) is 11.9. The second-order valence-electron chi connectivity index (χ2n) is 7.17. The predicted molar refractivity (Wildman–Crippen MR) is 93.8 cm³/mol. The van der Waals surface area contributed by atoms with Crippen LogP contribution in [0.3, 0.4) is 0 Å². The van der Waals surface area contributed by atoms with Crippen molar-refractivity contribution in [2.45, 2.75) is 18.9 Å². The quantitative estimate of drug-likeness (QED) is 0.907. The summed E-state index contributed by atoms with van der Waals surface area (Å²) < 4.78 is 13.3. The van der Waals surface area contributed by atoms with Gasteiger partial charge in [0.05, 0.1) is 6.54 Å². The van der Waals surface area contributed by atoms with Gasteiger partial charge in [-0.25, -0.2) is 9.18 Å². The van der Waals surface area contributed by atoms with E-state index in [1.165, 1.54) is 12.1 Å². The lowest BCUT2D eigenvalue weighted by atomic mass is 9.95. The molecule has 3 saturated heterocycles. The number of hydrogen-bond donors (Lipinski definition) is 1. The fourth-order valence-corrected chi connectivity index (χ4v) is 3.65. The number of nitrogens with zero attached hydrogens (tertiary/aromatic N) is 3. The molecule has 0 radical (unpaired) electrons. The summed E-state index contributed by atoms with van der Waals surface area (Å²) in [6.07, 6.45) is 2.01. The smallest absolute Gasteiger partial charge is 0.322 e. The van der Waals surface area contributed by atoms with Crippen LogP contribution in [-0.2, 0) is 4.79 Å². The number of rotatable bonds is 3. The number of urea groups is 1. The lowest BCUT2D eigenvalue weighted by molar-refractivity contribution is -0.129. The fraction of sp³-hybridized carbons (Fsp3) is 0.556. The molecule has 0 aliphatic carbocycles. The molecule has 3 aliphatic rings. The lowest BCUT2D eigenvalue weighted by Gasteiger charge is -2.36. The van der Waals surface area contributed by atoms with Crippen LogP contribution in [0.5, 0.6) is 0 Å². The second kappa shape index (κ2) is 7.39. The standard InChI is InChI=1S/C18H25FN4O2/c1-21(2)17(24)12-22-9-13-6-7-16(11-22)23(10-13)18(25)20-15-5-3-4-14(19)8-15/h3-5,8,13,16H,6-7,9-12H2,1-2H3,(H,20,25)/t13-,16+/m1/s1. The molecule has 6 nitrogen and oxygen atoms in total. The van der Waals surface area contributed by atoms with E-state index in [4.69, 9.17) is 0 Å². The second-order valence-corrected chi connectivity index (χ2v) is 7.17. The van der Waals surface area contributed by atoms with Crippen molar-refractivity contribution in [2.24, 2.45) is 5.92 Å². The first-order valence-electron chi connectivity index (χ1n) is 8.68. The Kier molecular flexibility index (Phi) is 5.22. The number of benzene rings is 1. The van der Waals surface area contributed by atoms with Crippen molar-refractivity contribution >= 4 is 17.6 Å². The lowest BCUT2D eigenvalue weighted by Crippen LogP contribution is -2.49. The van der Waals surface area contributed by atoms with Crippen molar-refractivity contribution in [2.75, 3.05) is 45.6 Å². The van der Waals surface area contributed by atoms with Gasteiger partial charge in [-0.1, -0.05) is 6.07 Å². The molecule has 2 bridgehead atoms. The van der Waals surface area contributed by atoms with Crippen LogP contribution in [0, 0.1) is 11.7 Å². The van der Waals surface area contributed by atoms with E-state index in [1.807, 2.05) is 4.90 Å². The number of carbonyl (C=O) groups excluding carboxylic acids is 2. The van der Waals surface area contributed by atoms with Crippen molar-refractivity contribution in [3.8, 4) is 0 Å². The molecule has 0 aromatic heterocycles. The first-order valence-corrected chi connectivity index (χ1v) is 8.68. The Labute approximate surface area is 147 Å². The average molecular weight is 348 g/mol. The number of piperidine rings is 1. The highest BCUT2D eigenvalue weighted by atomic mass is 19.1. The highest BCUT2D eigenvalue weighted by Crippen LogP contribution is 2.28. The van der Waals surface area contributed by atoms with Gasteiger partial charge in [0, 0.05) is 45.5 Å². The largest absolute Gasteiger partial charge is 0.348 e. The molecule has 0 saturated carbocycles. The van der Waals surface area contributed by atoms with Crippen molar-refractivity contribution < 1.29 is 14.0 Å². The molecule has 0 unspecified atom stereocenters. The molecule has 3 aliphatic heterocycles. The summed E-state index contributed by atoms with van der Waals surface area (Å²) in [7, 11) is 3.51.